The molecule has 0 amide bonds. The first kappa shape index (κ1) is 15.4. The van der Waals surface area contributed by atoms with Gasteiger partial charge in [-0.1, -0.05) is 0 Å². The predicted octanol–water partition coefficient (Wildman–Crippen LogP) is 2.75. The highest BCUT2D eigenvalue weighted by Gasteiger charge is 2.20. The van der Waals surface area contributed by atoms with E-state index in [0.29, 0.717) is 6.61 Å². The summed E-state index contributed by atoms with van der Waals surface area (Å²) in [7, 11) is 6.80. The van der Waals surface area contributed by atoms with Crippen molar-refractivity contribution in [1.82, 2.24) is 5.32 Å². The van der Waals surface area contributed by atoms with E-state index >= 15 is 0 Å². The molecule has 0 saturated heterocycles. The van der Waals surface area contributed by atoms with Gasteiger partial charge in [-0.3, -0.25) is 0 Å². The molecule has 2 aromatic rings. The molecular weight excluding hydrogens is 270 g/mol. The Hall–Kier alpha value is -1.98. The number of hydrogen-bond donors (Lipinski definition) is 1. The predicted molar refractivity (Wildman–Crippen MR) is 79.9 cm³/mol. The second-order valence-corrected chi connectivity index (χ2v) is 4.57. The van der Waals surface area contributed by atoms with E-state index in [-0.39, 0.29) is 6.04 Å². The third-order valence-electron chi connectivity index (χ3n) is 3.29. The fraction of sp³-hybridized carbons (Fsp3) is 0.375. The Morgan fingerprint density at radius 3 is 2.52 bits per heavy atom. The molecule has 0 saturated carbocycles. The number of benzene rings is 1. The van der Waals surface area contributed by atoms with Crippen LogP contribution in [0.1, 0.15) is 23.1 Å². The molecule has 114 valence electrons. The summed E-state index contributed by atoms with van der Waals surface area (Å²) < 4.78 is 21.6. The van der Waals surface area contributed by atoms with Crippen molar-refractivity contribution in [3.63, 3.8) is 0 Å². The number of furan rings is 1. The highest BCUT2D eigenvalue weighted by atomic mass is 16.5. The van der Waals surface area contributed by atoms with Gasteiger partial charge in [0, 0.05) is 18.7 Å². The maximum absolute atomic E-state index is 5.81. The van der Waals surface area contributed by atoms with Crippen molar-refractivity contribution >= 4 is 0 Å². The van der Waals surface area contributed by atoms with Crippen molar-refractivity contribution < 1.29 is 18.6 Å². The lowest BCUT2D eigenvalue weighted by Gasteiger charge is -2.18. The van der Waals surface area contributed by atoms with Crippen LogP contribution in [0.5, 0.6) is 11.5 Å². The summed E-state index contributed by atoms with van der Waals surface area (Å²) >= 11 is 0. The van der Waals surface area contributed by atoms with Gasteiger partial charge in [0.2, 0.25) is 0 Å². The quantitative estimate of drug-likeness (QED) is 0.850. The zero-order valence-electron chi connectivity index (χ0n) is 12.8. The largest absolute Gasteiger partial charge is 0.497 e. The van der Waals surface area contributed by atoms with E-state index in [4.69, 9.17) is 18.6 Å². The fourth-order valence-corrected chi connectivity index (χ4v) is 2.28. The lowest BCUT2D eigenvalue weighted by molar-refractivity contribution is 0.162. The highest BCUT2D eigenvalue weighted by Crippen LogP contribution is 2.33. The summed E-state index contributed by atoms with van der Waals surface area (Å²) in [4.78, 5) is 0. The van der Waals surface area contributed by atoms with Crippen LogP contribution in [0.25, 0.3) is 0 Å². The van der Waals surface area contributed by atoms with Crippen LogP contribution in [0.3, 0.4) is 0 Å². The average molecular weight is 291 g/mol. The van der Waals surface area contributed by atoms with E-state index in [1.165, 1.54) is 0 Å². The normalized spacial score (nSPS) is 12.2. The van der Waals surface area contributed by atoms with Gasteiger partial charge in [0.25, 0.3) is 0 Å². The molecule has 0 fully saturated rings. The summed E-state index contributed by atoms with van der Waals surface area (Å²) in [6.07, 6.45) is 0. The van der Waals surface area contributed by atoms with Crippen molar-refractivity contribution in [3.05, 3.63) is 47.4 Å². The molecule has 0 aliphatic heterocycles. The Bertz CT molecular complexity index is 579. The minimum Gasteiger partial charge on any atom is -0.497 e. The zero-order valence-corrected chi connectivity index (χ0v) is 12.8. The van der Waals surface area contributed by atoms with Crippen LogP contribution in [0.2, 0.25) is 0 Å². The van der Waals surface area contributed by atoms with Gasteiger partial charge in [0.15, 0.2) is 0 Å². The van der Waals surface area contributed by atoms with Crippen LogP contribution in [-0.2, 0) is 11.3 Å². The lowest BCUT2D eigenvalue weighted by Crippen LogP contribution is -2.17. The topological polar surface area (TPSA) is 52.9 Å². The van der Waals surface area contributed by atoms with Crippen molar-refractivity contribution in [2.75, 3.05) is 28.4 Å². The molecule has 1 atom stereocenters. The first-order valence-electron chi connectivity index (χ1n) is 6.70. The minimum atomic E-state index is -0.100. The Morgan fingerprint density at radius 1 is 1.10 bits per heavy atom. The third-order valence-corrected chi connectivity index (χ3v) is 3.29. The SMILES string of the molecule is CNC(c1ccc(COC)o1)c1ccc(OC)cc1OC. The van der Waals surface area contributed by atoms with Gasteiger partial charge in [0.05, 0.1) is 20.3 Å². The fourth-order valence-electron chi connectivity index (χ4n) is 2.28. The molecular formula is C16H21NO4. The molecule has 0 spiro atoms. The van der Waals surface area contributed by atoms with Crippen molar-refractivity contribution in [3.8, 4) is 11.5 Å². The first-order valence-corrected chi connectivity index (χ1v) is 6.70. The van der Waals surface area contributed by atoms with Crippen LogP contribution in [0, 0.1) is 0 Å². The van der Waals surface area contributed by atoms with Gasteiger partial charge in [-0.15, -0.1) is 0 Å². The maximum atomic E-state index is 5.81. The number of rotatable bonds is 7. The summed E-state index contributed by atoms with van der Waals surface area (Å²) in [5.41, 5.74) is 0.985. The number of ether oxygens (including phenoxy) is 3. The zero-order chi connectivity index (χ0) is 15.2. The van der Waals surface area contributed by atoms with Gasteiger partial charge in [-0.05, 0) is 31.3 Å². The second kappa shape index (κ2) is 7.15. The van der Waals surface area contributed by atoms with Gasteiger partial charge >= 0.3 is 0 Å². The molecule has 0 aliphatic rings. The van der Waals surface area contributed by atoms with Crippen LogP contribution >= 0.6 is 0 Å². The molecule has 1 aromatic carbocycles. The van der Waals surface area contributed by atoms with Gasteiger partial charge < -0.3 is 23.9 Å². The number of hydrogen-bond acceptors (Lipinski definition) is 5. The third kappa shape index (κ3) is 3.37. The standard InChI is InChI=1S/C16H21NO4/c1-17-16(14-8-6-12(21-14)10-18-2)13-7-5-11(19-3)9-15(13)20-4/h5-9,16-17H,10H2,1-4H3. The van der Waals surface area contributed by atoms with E-state index < -0.39 is 0 Å². The monoisotopic (exact) mass is 291 g/mol. The second-order valence-electron chi connectivity index (χ2n) is 4.57. The Morgan fingerprint density at radius 2 is 1.90 bits per heavy atom. The molecule has 5 nitrogen and oxygen atoms in total. The van der Waals surface area contributed by atoms with Crippen LogP contribution in [0.15, 0.2) is 34.7 Å². The smallest absolute Gasteiger partial charge is 0.129 e. The van der Waals surface area contributed by atoms with E-state index in [9.17, 15) is 0 Å². The molecule has 0 radical (unpaired) electrons. The average Bonchev–Trinajstić information content (AvgIpc) is 2.97. The highest BCUT2D eigenvalue weighted by molar-refractivity contribution is 5.44. The Balaban J connectivity index is 2.35. The summed E-state index contributed by atoms with van der Waals surface area (Å²) in [6, 6.07) is 9.49. The molecule has 21 heavy (non-hydrogen) atoms. The minimum absolute atomic E-state index is 0.100. The molecule has 1 N–H and O–H groups in total. The van der Waals surface area contributed by atoms with Gasteiger partial charge in [0.1, 0.15) is 29.6 Å². The van der Waals surface area contributed by atoms with Crippen molar-refractivity contribution in [2.45, 2.75) is 12.6 Å². The molecule has 0 bridgehead atoms. The molecule has 2 rings (SSSR count). The van der Waals surface area contributed by atoms with Crippen LogP contribution < -0.4 is 14.8 Å². The lowest BCUT2D eigenvalue weighted by atomic mass is 10.0. The Labute approximate surface area is 124 Å². The molecule has 1 unspecified atom stereocenters. The molecule has 0 aliphatic carbocycles. The van der Waals surface area contributed by atoms with E-state index in [2.05, 4.69) is 5.32 Å². The van der Waals surface area contributed by atoms with Crippen molar-refractivity contribution in [1.29, 1.82) is 0 Å². The van der Waals surface area contributed by atoms with Gasteiger partial charge in [-0.2, -0.15) is 0 Å². The first-order chi connectivity index (χ1) is 10.2. The Kier molecular flexibility index (Phi) is 5.25. The molecule has 1 heterocycles. The van der Waals surface area contributed by atoms with E-state index in [0.717, 1.165) is 28.6 Å². The van der Waals surface area contributed by atoms with E-state index in [1.54, 1.807) is 21.3 Å². The number of nitrogens with one attached hydrogen (secondary N) is 1. The van der Waals surface area contributed by atoms with Gasteiger partial charge in [-0.25, -0.2) is 0 Å². The molecule has 1 aromatic heterocycles. The maximum Gasteiger partial charge on any atom is 0.129 e. The molecule has 5 heteroatoms. The summed E-state index contributed by atoms with van der Waals surface area (Å²) in [6.45, 7) is 0.455. The summed E-state index contributed by atoms with van der Waals surface area (Å²) in [5, 5.41) is 3.25. The van der Waals surface area contributed by atoms with Crippen LogP contribution in [-0.4, -0.2) is 28.4 Å². The van der Waals surface area contributed by atoms with E-state index in [1.807, 2.05) is 37.4 Å². The van der Waals surface area contributed by atoms with Crippen molar-refractivity contribution in [2.24, 2.45) is 0 Å². The summed E-state index contributed by atoms with van der Waals surface area (Å²) in [5.74, 6) is 3.11. The van der Waals surface area contributed by atoms with Crippen LogP contribution in [0.4, 0.5) is 0 Å². The number of methoxy groups -OCH3 is 3.